The van der Waals surface area contributed by atoms with Gasteiger partial charge in [0.25, 0.3) is 5.91 Å². The van der Waals surface area contributed by atoms with Crippen molar-refractivity contribution in [3.05, 3.63) is 34.3 Å². The summed E-state index contributed by atoms with van der Waals surface area (Å²) in [6.07, 6.45) is 4.43. The molecule has 2 fully saturated rings. The molecule has 22 heavy (non-hydrogen) atoms. The van der Waals surface area contributed by atoms with E-state index >= 15 is 0 Å². The van der Waals surface area contributed by atoms with E-state index in [-0.39, 0.29) is 17.5 Å². The smallest absolute Gasteiger partial charge is 0.271 e. The molecule has 5 heteroatoms. The van der Waals surface area contributed by atoms with Crippen molar-refractivity contribution in [2.24, 2.45) is 10.9 Å². The average molecular weight is 362 g/mol. The number of amides is 1. The molecule has 2 atom stereocenters. The van der Waals surface area contributed by atoms with E-state index < -0.39 is 0 Å². The summed E-state index contributed by atoms with van der Waals surface area (Å²) in [5.41, 5.74) is 1.04. The largest absolute Gasteiger partial charge is 0.338 e. The predicted octanol–water partition coefficient (Wildman–Crippen LogP) is 2.63. The maximum Gasteiger partial charge on any atom is 0.271 e. The van der Waals surface area contributed by atoms with Gasteiger partial charge in [-0.25, -0.2) is 4.99 Å². The number of carbonyl (C=O) groups is 1. The van der Waals surface area contributed by atoms with Crippen LogP contribution >= 0.6 is 15.9 Å². The van der Waals surface area contributed by atoms with Crippen LogP contribution < -0.4 is 0 Å². The van der Waals surface area contributed by atoms with Gasteiger partial charge < -0.3 is 4.90 Å². The van der Waals surface area contributed by atoms with Crippen molar-refractivity contribution in [2.45, 2.75) is 31.3 Å². The molecule has 1 amide bonds. The summed E-state index contributed by atoms with van der Waals surface area (Å²) in [5.74, 6) is 0.835. The number of hydrogen-bond donors (Lipinski definition) is 0. The van der Waals surface area contributed by atoms with Crippen LogP contribution in [0.2, 0.25) is 0 Å². The minimum Gasteiger partial charge on any atom is -0.338 e. The lowest BCUT2D eigenvalue weighted by Crippen LogP contribution is -2.63. The van der Waals surface area contributed by atoms with E-state index in [9.17, 15) is 4.79 Å². The van der Waals surface area contributed by atoms with Gasteiger partial charge in [-0.3, -0.25) is 9.69 Å². The quantitative estimate of drug-likeness (QED) is 0.830. The fraction of sp³-hybridized carbons (Fsp3) is 0.529. The second-order valence-electron chi connectivity index (χ2n) is 6.92. The maximum atomic E-state index is 12.2. The van der Waals surface area contributed by atoms with Crippen molar-refractivity contribution in [3.63, 3.8) is 0 Å². The average Bonchev–Trinajstić information content (AvgIpc) is 3.22. The topological polar surface area (TPSA) is 35.9 Å². The van der Waals surface area contributed by atoms with E-state index in [1.165, 1.54) is 18.4 Å². The first-order valence-electron chi connectivity index (χ1n) is 7.91. The van der Waals surface area contributed by atoms with Crippen molar-refractivity contribution < 1.29 is 4.79 Å². The molecule has 0 bridgehead atoms. The third-order valence-electron chi connectivity index (χ3n) is 5.14. The number of nitrogens with zero attached hydrogens (tertiary/aromatic N) is 3. The van der Waals surface area contributed by atoms with Gasteiger partial charge in [0.2, 0.25) is 0 Å². The third kappa shape index (κ3) is 2.40. The Kier molecular flexibility index (Phi) is 3.38. The van der Waals surface area contributed by atoms with Crippen LogP contribution in [0.4, 0.5) is 0 Å². The first-order chi connectivity index (χ1) is 10.6. The van der Waals surface area contributed by atoms with Crippen molar-refractivity contribution in [2.75, 3.05) is 19.6 Å². The Morgan fingerprint density at radius 2 is 2.05 bits per heavy atom. The van der Waals surface area contributed by atoms with Crippen LogP contribution in [0.5, 0.6) is 0 Å². The van der Waals surface area contributed by atoms with Crippen LogP contribution in [0.25, 0.3) is 0 Å². The SMILES string of the molecule is CC1(c2ccc(Br)cc2)CN(CC2CC2)CC2C(=O)N=CN21. The minimum atomic E-state index is -0.200. The van der Waals surface area contributed by atoms with E-state index in [4.69, 9.17) is 0 Å². The number of fused-ring (bicyclic) bond motifs is 1. The molecule has 1 aliphatic carbocycles. The summed E-state index contributed by atoms with van der Waals surface area (Å²) in [6.45, 7) is 5.10. The fourth-order valence-corrected chi connectivity index (χ4v) is 3.99. The number of benzene rings is 1. The molecule has 0 spiro atoms. The lowest BCUT2D eigenvalue weighted by Gasteiger charge is -2.50. The number of rotatable bonds is 3. The highest BCUT2D eigenvalue weighted by Gasteiger charge is 2.48. The highest BCUT2D eigenvalue weighted by atomic mass is 79.9. The highest BCUT2D eigenvalue weighted by Crippen LogP contribution is 2.38. The number of carbonyl (C=O) groups excluding carboxylic acids is 1. The van der Waals surface area contributed by atoms with Gasteiger partial charge in [-0.15, -0.1) is 0 Å². The Bertz CT molecular complexity index is 625. The molecule has 1 saturated carbocycles. The molecule has 2 unspecified atom stereocenters. The fourth-order valence-electron chi connectivity index (χ4n) is 3.72. The molecule has 3 aliphatic rings. The first kappa shape index (κ1) is 14.4. The van der Waals surface area contributed by atoms with Crippen molar-refractivity contribution >= 4 is 28.2 Å². The van der Waals surface area contributed by atoms with Crippen LogP contribution in [0.3, 0.4) is 0 Å². The van der Waals surface area contributed by atoms with Crippen molar-refractivity contribution in [3.8, 4) is 0 Å². The van der Waals surface area contributed by atoms with Crippen molar-refractivity contribution in [1.29, 1.82) is 0 Å². The summed E-state index contributed by atoms with van der Waals surface area (Å²) in [6, 6.07) is 8.33. The summed E-state index contributed by atoms with van der Waals surface area (Å²) < 4.78 is 1.08. The normalized spacial score (nSPS) is 31.6. The molecule has 1 aromatic carbocycles. The lowest BCUT2D eigenvalue weighted by atomic mass is 9.86. The number of hydrogen-bond acceptors (Lipinski definition) is 3. The van der Waals surface area contributed by atoms with E-state index in [1.54, 1.807) is 6.34 Å². The Balaban J connectivity index is 1.68. The Morgan fingerprint density at radius 3 is 2.73 bits per heavy atom. The van der Waals surface area contributed by atoms with Crippen molar-refractivity contribution in [1.82, 2.24) is 9.80 Å². The van der Waals surface area contributed by atoms with Gasteiger partial charge in [-0.1, -0.05) is 28.1 Å². The summed E-state index contributed by atoms with van der Waals surface area (Å²) in [7, 11) is 0. The molecule has 4 rings (SSSR count). The van der Waals surface area contributed by atoms with E-state index in [0.29, 0.717) is 0 Å². The number of aliphatic imine (C=N–C) groups is 1. The zero-order valence-corrected chi connectivity index (χ0v) is 14.3. The predicted molar refractivity (Wildman–Crippen MR) is 89.8 cm³/mol. The van der Waals surface area contributed by atoms with E-state index in [0.717, 1.165) is 30.0 Å². The van der Waals surface area contributed by atoms with Gasteiger partial charge >= 0.3 is 0 Å². The molecule has 0 aromatic heterocycles. The second-order valence-corrected chi connectivity index (χ2v) is 7.84. The molecule has 2 heterocycles. The number of piperazine rings is 1. The maximum absolute atomic E-state index is 12.2. The second kappa shape index (κ2) is 5.17. The van der Waals surface area contributed by atoms with Crippen LogP contribution in [0, 0.1) is 5.92 Å². The van der Waals surface area contributed by atoms with E-state index in [1.807, 2.05) is 0 Å². The minimum absolute atomic E-state index is 0.00355. The Hall–Kier alpha value is -1.20. The summed E-state index contributed by atoms with van der Waals surface area (Å²) in [4.78, 5) is 20.9. The molecular formula is C17H20BrN3O. The van der Waals surface area contributed by atoms with Crippen LogP contribution in [-0.4, -0.2) is 47.7 Å². The molecule has 0 radical (unpaired) electrons. The standard InChI is InChI=1S/C17H20BrN3O/c1-17(13-4-6-14(18)7-5-13)10-20(8-12-2-3-12)9-15-16(22)19-11-21(15)17/h4-7,11-12,15H,2-3,8-10H2,1H3. The molecule has 0 N–H and O–H groups in total. The Morgan fingerprint density at radius 1 is 1.32 bits per heavy atom. The molecular weight excluding hydrogens is 342 g/mol. The van der Waals surface area contributed by atoms with Gasteiger partial charge in [-0.05, 0) is 43.4 Å². The van der Waals surface area contributed by atoms with Gasteiger partial charge in [0.15, 0.2) is 0 Å². The number of halogens is 1. The summed E-state index contributed by atoms with van der Waals surface area (Å²) in [5, 5.41) is 0. The van der Waals surface area contributed by atoms with E-state index in [2.05, 4.69) is 61.9 Å². The first-order valence-corrected chi connectivity index (χ1v) is 8.70. The van der Waals surface area contributed by atoms with Gasteiger partial charge in [0, 0.05) is 24.1 Å². The van der Waals surface area contributed by atoms with Gasteiger partial charge in [0.05, 0.1) is 11.9 Å². The third-order valence-corrected chi connectivity index (χ3v) is 5.67. The summed E-state index contributed by atoms with van der Waals surface area (Å²) >= 11 is 3.50. The zero-order chi connectivity index (χ0) is 15.3. The Labute approximate surface area is 139 Å². The highest BCUT2D eigenvalue weighted by molar-refractivity contribution is 9.10. The van der Waals surface area contributed by atoms with Crippen LogP contribution in [-0.2, 0) is 10.3 Å². The zero-order valence-electron chi connectivity index (χ0n) is 12.7. The molecule has 1 aromatic rings. The lowest BCUT2D eigenvalue weighted by molar-refractivity contribution is -0.124. The molecule has 4 nitrogen and oxygen atoms in total. The van der Waals surface area contributed by atoms with Crippen LogP contribution in [0.1, 0.15) is 25.3 Å². The molecule has 2 aliphatic heterocycles. The van der Waals surface area contributed by atoms with Gasteiger partial charge in [-0.2, -0.15) is 0 Å². The molecule has 116 valence electrons. The van der Waals surface area contributed by atoms with Gasteiger partial charge in [0.1, 0.15) is 6.04 Å². The monoisotopic (exact) mass is 361 g/mol. The van der Waals surface area contributed by atoms with Crippen LogP contribution in [0.15, 0.2) is 33.7 Å². The molecule has 1 saturated heterocycles.